The minimum Gasteiger partial charge on any atom is -0.506 e. The van der Waals surface area contributed by atoms with Crippen LogP contribution in [0.2, 0.25) is 10.0 Å². The van der Waals surface area contributed by atoms with E-state index < -0.39 is 0 Å². The Kier molecular flexibility index (Phi) is 4.48. The summed E-state index contributed by atoms with van der Waals surface area (Å²) in [5, 5.41) is 13.9. The van der Waals surface area contributed by atoms with E-state index in [-0.39, 0.29) is 11.3 Å². The topological polar surface area (TPSA) is 32.3 Å². The predicted octanol–water partition coefficient (Wildman–Crippen LogP) is 3.98. The molecule has 0 spiro atoms. The molecule has 0 saturated heterocycles. The number of benzene rings is 1. The number of rotatable bonds is 4. The first-order valence-corrected chi connectivity index (χ1v) is 6.03. The Bertz CT molecular complexity index is 378. The van der Waals surface area contributed by atoms with Crippen LogP contribution in [0.1, 0.15) is 32.8 Å². The van der Waals surface area contributed by atoms with Crippen molar-refractivity contribution in [2.45, 2.75) is 39.3 Å². The van der Waals surface area contributed by atoms with E-state index in [2.05, 4.69) is 26.1 Å². The zero-order chi connectivity index (χ0) is 12.3. The third-order valence-electron chi connectivity index (χ3n) is 2.75. The van der Waals surface area contributed by atoms with Gasteiger partial charge >= 0.3 is 0 Å². The molecule has 0 heterocycles. The summed E-state index contributed by atoms with van der Waals surface area (Å²) >= 11 is 11.7. The van der Waals surface area contributed by atoms with Gasteiger partial charge in [-0.2, -0.15) is 0 Å². The van der Waals surface area contributed by atoms with Gasteiger partial charge in [0, 0.05) is 22.7 Å². The Balaban J connectivity index is 2.82. The minimum atomic E-state index is 0.0290. The average molecular weight is 262 g/mol. The summed E-state index contributed by atoms with van der Waals surface area (Å²) < 4.78 is 0. The molecule has 0 aromatic heterocycles. The van der Waals surface area contributed by atoms with Crippen molar-refractivity contribution in [1.82, 2.24) is 5.32 Å². The molecule has 0 fully saturated rings. The van der Waals surface area contributed by atoms with Gasteiger partial charge < -0.3 is 10.4 Å². The standard InChI is InChI=1S/C12H17Cl2NO/c1-4-12(2,3)15-7-8-5-9(13)6-10(14)11(8)16/h5-6,15-16H,4,7H2,1-3H3. The van der Waals surface area contributed by atoms with Crippen LogP contribution in [0, 0.1) is 0 Å². The maximum atomic E-state index is 9.76. The maximum absolute atomic E-state index is 9.76. The normalized spacial score (nSPS) is 11.8. The second-order valence-electron chi connectivity index (χ2n) is 4.49. The van der Waals surface area contributed by atoms with Gasteiger partial charge in [0.1, 0.15) is 5.75 Å². The number of phenols is 1. The quantitative estimate of drug-likeness (QED) is 0.860. The Morgan fingerprint density at radius 3 is 2.50 bits per heavy atom. The highest BCUT2D eigenvalue weighted by Gasteiger charge is 2.15. The molecule has 2 nitrogen and oxygen atoms in total. The molecule has 2 N–H and O–H groups in total. The van der Waals surface area contributed by atoms with Crippen LogP contribution in [0.5, 0.6) is 5.75 Å². The summed E-state index contributed by atoms with van der Waals surface area (Å²) in [5.74, 6) is 0.102. The van der Waals surface area contributed by atoms with Crippen molar-refractivity contribution in [3.63, 3.8) is 0 Å². The van der Waals surface area contributed by atoms with Crippen LogP contribution in [0.3, 0.4) is 0 Å². The van der Waals surface area contributed by atoms with Gasteiger partial charge in [-0.15, -0.1) is 0 Å². The molecule has 1 aromatic carbocycles. The molecule has 0 atom stereocenters. The summed E-state index contributed by atoms with van der Waals surface area (Å²) in [6, 6.07) is 3.26. The summed E-state index contributed by atoms with van der Waals surface area (Å²) in [5.41, 5.74) is 0.750. The fourth-order valence-corrected chi connectivity index (χ4v) is 1.75. The van der Waals surface area contributed by atoms with Crippen molar-refractivity contribution in [2.24, 2.45) is 0 Å². The molecule has 90 valence electrons. The molecule has 0 radical (unpaired) electrons. The first kappa shape index (κ1) is 13.6. The van der Waals surface area contributed by atoms with Gasteiger partial charge in [0.15, 0.2) is 0 Å². The van der Waals surface area contributed by atoms with Gasteiger partial charge in [-0.1, -0.05) is 30.1 Å². The molecule has 0 bridgehead atoms. The lowest BCUT2D eigenvalue weighted by atomic mass is 10.0. The molecule has 0 unspecified atom stereocenters. The second kappa shape index (κ2) is 5.26. The number of nitrogens with one attached hydrogen (secondary N) is 1. The molecule has 1 aromatic rings. The van der Waals surface area contributed by atoms with Gasteiger partial charge in [0.05, 0.1) is 5.02 Å². The van der Waals surface area contributed by atoms with E-state index in [0.717, 1.165) is 12.0 Å². The van der Waals surface area contributed by atoms with Gasteiger partial charge in [0.2, 0.25) is 0 Å². The van der Waals surface area contributed by atoms with Crippen LogP contribution in [-0.2, 0) is 6.54 Å². The molecule has 4 heteroatoms. The average Bonchev–Trinajstić information content (AvgIpc) is 2.21. The highest BCUT2D eigenvalue weighted by molar-refractivity contribution is 6.35. The van der Waals surface area contributed by atoms with E-state index in [9.17, 15) is 5.11 Å². The summed E-state index contributed by atoms with van der Waals surface area (Å²) in [6.07, 6.45) is 1.00. The van der Waals surface area contributed by atoms with Gasteiger partial charge in [0.25, 0.3) is 0 Å². The predicted molar refractivity (Wildman–Crippen MR) is 69.3 cm³/mol. The Morgan fingerprint density at radius 2 is 1.94 bits per heavy atom. The monoisotopic (exact) mass is 261 g/mol. The second-order valence-corrected chi connectivity index (χ2v) is 5.33. The van der Waals surface area contributed by atoms with Crippen LogP contribution in [0.25, 0.3) is 0 Å². The van der Waals surface area contributed by atoms with Crippen molar-refractivity contribution in [3.05, 3.63) is 27.7 Å². The van der Waals surface area contributed by atoms with E-state index in [1.54, 1.807) is 6.07 Å². The molecule has 0 aliphatic heterocycles. The van der Waals surface area contributed by atoms with E-state index in [4.69, 9.17) is 23.2 Å². The fraction of sp³-hybridized carbons (Fsp3) is 0.500. The van der Waals surface area contributed by atoms with E-state index in [0.29, 0.717) is 16.6 Å². The summed E-state index contributed by atoms with van der Waals surface area (Å²) in [7, 11) is 0. The smallest absolute Gasteiger partial charge is 0.138 e. The molecule has 1 rings (SSSR count). The largest absolute Gasteiger partial charge is 0.506 e. The maximum Gasteiger partial charge on any atom is 0.138 e. The van der Waals surface area contributed by atoms with Crippen LogP contribution in [-0.4, -0.2) is 10.6 Å². The van der Waals surface area contributed by atoms with Crippen LogP contribution in [0.15, 0.2) is 12.1 Å². The molecule has 0 aliphatic carbocycles. The molecule has 16 heavy (non-hydrogen) atoms. The van der Waals surface area contributed by atoms with Crippen LogP contribution < -0.4 is 5.32 Å². The molecule has 0 saturated carbocycles. The van der Waals surface area contributed by atoms with Gasteiger partial charge in [-0.25, -0.2) is 0 Å². The van der Waals surface area contributed by atoms with E-state index in [1.165, 1.54) is 6.07 Å². The van der Waals surface area contributed by atoms with Crippen molar-refractivity contribution in [2.75, 3.05) is 0 Å². The van der Waals surface area contributed by atoms with Gasteiger partial charge in [-0.3, -0.25) is 0 Å². The summed E-state index contributed by atoms with van der Waals surface area (Å²) in [4.78, 5) is 0. The van der Waals surface area contributed by atoms with Crippen molar-refractivity contribution < 1.29 is 5.11 Å². The molecular weight excluding hydrogens is 245 g/mol. The van der Waals surface area contributed by atoms with Crippen molar-refractivity contribution in [1.29, 1.82) is 0 Å². The van der Waals surface area contributed by atoms with E-state index in [1.807, 2.05) is 0 Å². The third-order valence-corrected chi connectivity index (χ3v) is 3.25. The Hall–Kier alpha value is -0.440. The van der Waals surface area contributed by atoms with Crippen molar-refractivity contribution in [3.8, 4) is 5.75 Å². The zero-order valence-corrected chi connectivity index (χ0v) is 11.3. The lowest BCUT2D eigenvalue weighted by Crippen LogP contribution is -2.37. The molecular formula is C12H17Cl2NO. The Morgan fingerprint density at radius 1 is 1.31 bits per heavy atom. The fourth-order valence-electron chi connectivity index (χ4n) is 1.21. The molecule has 0 aliphatic rings. The summed E-state index contributed by atoms with van der Waals surface area (Å²) in [6.45, 7) is 6.87. The first-order chi connectivity index (χ1) is 7.35. The van der Waals surface area contributed by atoms with Crippen LogP contribution >= 0.6 is 23.2 Å². The number of aromatic hydroxyl groups is 1. The Labute approximate surface area is 107 Å². The lowest BCUT2D eigenvalue weighted by molar-refractivity contribution is 0.369. The van der Waals surface area contributed by atoms with Crippen LogP contribution in [0.4, 0.5) is 0 Å². The van der Waals surface area contributed by atoms with E-state index >= 15 is 0 Å². The number of phenolic OH excluding ortho intramolecular Hbond substituents is 1. The minimum absolute atomic E-state index is 0.0290. The third kappa shape index (κ3) is 3.55. The number of hydrogen-bond donors (Lipinski definition) is 2. The molecule has 0 amide bonds. The SMILES string of the molecule is CCC(C)(C)NCc1cc(Cl)cc(Cl)c1O. The highest BCUT2D eigenvalue weighted by atomic mass is 35.5. The van der Waals surface area contributed by atoms with Gasteiger partial charge in [-0.05, 0) is 32.4 Å². The first-order valence-electron chi connectivity index (χ1n) is 5.27. The zero-order valence-electron chi connectivity index (χ0n) is 9.77. The number of hydrogen-bond acceptors (Lipinski definition) is 2. The lowest BCUT2D eigenvalue weighted by Gasteiger charge is -2.25. The van der Waals surface area contributed by atoms with Crippen molar-refractivity contribution >= 4 is 23.2 Å². The number of halogens is 2. The highest BCUT2D eigenvalue weighted by Crippen LogP contribution is 2.31.